The van der Waals surface area contributed by atoms with Crippen LogP contribution in [-0.4, -0.2) is 37.5 Å². The van der Waals surface area contributed by atoms with Gasteiger partial charge >= 0.3 is 0 Å². The minimum Gasteiger partial charge on any atom is -0.351 e. The Hall–Kier alpha value is -1.41. The van der Waals surface area contributed by atoms with Gasteiger partial charge in [-0.15, -0.1) is 11.3 Å². The van der Waals surface area contributed by atoms with Crippen LogP contribution < -0.4 is 5.32 Å². The van der Waals surface area contributed by atoms with Gasteiger partial charge in [-0.1, -0.05) is 11.8 Å². The number of aromatic nitrogens is 4. The van der Waals surface area contributed by atoms with Crippen LogP contribution in [-0.2, 0) is 11.3 Å². The fourth-order valence-corrected chi connectivity index (χ4v) is 3.16. The number of amides is 1. The number of rotatable bonds is 6. The molecule has 2 heterocycles. The van der Waals surface area contributed by atoms with Crippen molar-refractivity contribution in [2.24, 2.45) is 0 Å². The second-order valence-electron chi connectivity index (χ2n) is 4.13. The number of carbonyl (C=O) groups excluding carboxylic acids is 1. The first kappa shape index (κ1) is 14.0. The van der Waals surface area contributed by atoms with E-state index in [2.05, 4.69) is 20.4 Å². The summed E-state index contributed by atoms with van der Waals surface area (Å²) in [6.07, 6.45) is 3.12. The van der Waals surface area contributed by atoms with Crippen LogP contribution in [0.5, 0.6) is 0 Å². The summed E-state index contributed by atoms with van der Waals surface area (Å²) in [5.74, 6) is 0.389. The van der Waals surface area contributed by atoms with Crippen molar-refractivity contribution in [2.45, 2.75) is 30.8 Å². The molecule has 0 unspecified atom stereocenters. The van der Waals surface area contributed by atoms with Crippen LogP contribution in [0.1, 0.15) is 12.6 Å². The molecular formula is C11H15N5OS2. The van der Waals surface area contributed by atoms with E-state index in [0.29, 0.717) is 12.3 Å². The molecule has 0 saturated heterocycles. The summed E-state index contributed by atoms with van der Waals surface area (Å²) < 4.78 is 2.62. The van der Waals surface area contributed by atoms with Crippen molar-refractivity contribution in [3.05, 3.63) is 23.7 Å². The molecule has 0 aliphatic heterocycles. The molecule has 19 heavy (non-hydrogen) atoms. The van der Waals surface area contributed by atoms with Gasteiger partial charge in [-0.25, -0.2) is 9.97 Å². The van der Waals surface area contributed by atoms with Gasteiger partial charge in [-0.05, 0) is 13.8 Å². The lowest BCUT2D eigenvalue weighted by atomic mass is 10.3. The molecule has 2 aromatic rings. The van der Waals surface area contributed by atoms with E-state index in [1.54, 1.807) is 22.3 Å². The maximum atomic E-state index is 11.8. The quantitative estimate of drug-likeness (QED) is 0.815. The molecule has 0 aromatic carbocycles. The highest BCUT2D eigenvalue weighted by molar-refractivity contribution is 8.01. The van der Waals surface area contributed by atoms with Crippen molar-refractivity contribution in [1.29, 1.82) is 0 Å². The highest BCUT2D eigenvalue weighted by atomic mass is 32.2. The first-order chi connectivity index (χ1) is 9.13. The number of hydrogen-bond donors (Lipinski definition) is 1. The predicted octanol–water partition coefficient (Wildman–Crippen LogP) is 1.34. The average molecular weight is 297 g/mol. The Morgan fingerprint density at radius 2 is 2.47 bits per heavy atom. The molecule has 1 amide bonds. The number of carbonyl (C=O) groups is 1. The van der Waals surface area contributed by atoms with E-state index in [9.17, 15) is 4.79 Å². The fraction of sp³-hybridized carbons (Fsp3) is 0.455. The summed E-state index contributed by atoms with van der Waals surface area (Å²) in [4.78, 5) is 19.9. The van der Waals surface area contributed by atoms with Gasteiger partial charge in [0.25, 0.3) is 0 Å². The molecule has 102 valence electrons. The molecule has 0 radical (unpaired) electrons. The standard InChI is InChI=1S/C11H15N5OS2/c1-8(3-16-7-12-6-13-16)14-10(17)5-19-11-15-9(2)4-18-11/h4,6-8H,3,5H2,1-2H3,(H,14,17)/t8-/m1/s1. The molecule has 0 aliphatic carbocycles. The summed E-state index contributed by atoms with van der Waals surface area (Å²) in [6, 6.07) is 0.0211. The summed E-state index contributed by atoms with van der Waals surface area (Å²) in [5, 5.41) is 8.90. The zero-order chi connectivity index (χ0) is 13.7. The fourth-order valence-electron chi connectivity index (χ4n) is 1.50. The van der Waals surface area contributed by atoms with Gasteiger partial charge in [-0.3, -0.25) is 9.48 Å². The zero-order valence-corrected chi connectivity index (χ0v) is 12.4. The molecule has 1 N–H and O–H groups in total. The van der Waals surface area contributed by atoms with Crippen molar-refractivity contribution < 1.29 is 4.79 Å². The molecule has 8 heteroatoms. The summed E-state index contributed by atoms with van der Waals surface area (Å²) in [6.45, 7) is 4.51. The van der Waals surface area contributed by atoms with E-state index in [-0.39, 0.29) is 11.9 Å². The van der Waals surface area contributed by atoms with Crippen LogP contribution in [0.15, 0.2) is 22.4 Å². The van der Waals surface area contributed by atoms with Gasteiger partial charge in [0.05, 0.1) is 12.3 Å². The number of hydrogen-bond acceptors (Lipinski definition) is 6. The zero-order valence-electron chi connectivity index (χ0n) is 10.7. The lowest BCUT2D eigenvalue weighted by Gasteiger charge is -2.13. The highest BCUT2D eigenvalue weighted by Gasteiger charge is 2.10. The molecular weight excluding hydrogens is 282 g/mol. The second kappa shape index (κ2) is 6.67. The Morgan fingerprint density at radius 3 is 3.11 bits per heavy atom. The van der Waals surface area contributed by atoms with E-state index in [0.717, 1.165) is 10.0 Å². The monoisotopic (exact) mass is 297 g/mol. The number of thiazole rings is 1. The van der Waals surface area contributed by atoms with Gasteiger partial charge in [-0.2, -0.15) is 5.10 Å². The third-order valence-corrected chi connectivity index (χ3v) is 4.40. The van der Waals surface area contributed by atoms with Gasteiger partial charge < -0.3 is 5.32 Å². The first-order valence-corrected chi connectivity index (χ1v) is 7.66. The predicted molar refractivity (Wildman–Crippen MR) is 75.2 cm³/mol. The maximum Gasteiger partial charge on any atom is 0.230 e. The maximum absolute atomic E-state index is 11.8. The molecule has 6 nitrogen and oxygen atoms in total. The number of nitrogens with zero attached hydrogens (tertiary/aromatic N) is 4. The van der Waals surface area contributed by atoms with E-state index in [4.69, 9.17) is 0 Å². The normalized spacial score (nSPS) is 12.3. The highest BCUT2D eigenvalue weighted by Crippen LogP contribution is 2.21. The van der Waals surface area contributed by atoms with E-state index >= 15 is 0 Å². The Bertz CT molecular complexity index is 525. The van der Waals surface area contributed by atoms with Crippen LogP contribution in [0.4, 0.5) is 0 Å². The number of thioether (sulfide) groups is 1. The van der Waals surface area contributed by atoms with E-state index < -0.39 is 0 Å². The van der Waals surface area contributed by atoms with Gasteiger partial charge in [0.15, 0.2) is 4.34 Å². The van der Waals surface area contributed by atoms with Crippen molar-refractivity contribution in [1.82, 2.24) is 25.1 Å². The largest absolute Gasteiger partial charge is 0.351 e. The summed E-state index contributed by atoms with van der Waals surface area (Å²) >= 11 is 3.02. The van der Waals surface area contributed by atoms with Crippen molar-refractivity contribution in [3.8, 4) is 0 Å². The molecule has 0 fully saturated rings. The Balaban J connectivity index is 1.71. The third kappa shape index (κ3) is 4.64. The molecule has 0 spiro atoms. The SMILES string of the molecule is Cc1csc(SCC(=O)N[C@H](C)Cn2cncn2)n1. The van der Waals surface area contributed by atoms with E-state index in [1.807, 2.05) is 19.2 Å². The lowest BCUT2D eigenvalue weighted by molar-refractivity contribution is -0.119. The van der Waals surface area contributed by atoms with Crippen molar-refractivity contribution >= 4 is 29.0 Å². The van der Waals surface area contributed by atoms with Crippen LogP contribution in [0, 0.1) is 6.92 Å². The number of nitrogens with one attached hydrogen (secondary N) is 1. The van der Waals surface area contributed by atoms with Crippen LogP contribution in [0.3, 0.4) is 0 Å². The minimum absolute atomic E-state index is 0.00506. The topological polar surface area (TPSA) is 72.7 Å². The van der Waals surface area contributed by atoms with Gasteiger partial charge in [0.1, 0.15) is 12.7 Å². The Kier molecular flexibility index (Phi) is 4.92. The minimum atomic E-state index is 0.00506. The first-order valence-electron chi connectivity index (χ1n) is 5.80. The lowest BCUT2D eigenvalue weighted by Crippen LogP contribution is -2.36. The molecule has 0 saturated carbocycles. The molecule has 1 atom stereocenters. The van der Waals surface area contributed by atoms with E-state index in [1.165, 1.54) is 18.1 Å². The van der Waals surface area contributed by atoms with Gasteiger partial charge in [0.2, 0.25) is 5.91 Å². The summed E-state index contributed by atoms with van der Waals surface area (Å²) in [5.41, 5.74) is 0.993. The van der Waals surface area contributed by atoms with Crippen molar-refractivity contribution in [2.75, 3.05) is 5.75 Å². The van der Waals surface area contributed by atoms with Gasteiger partial charge in [0, 0.05) is 17.1 Å². The third-order valence-electron chi connectivity index (χ3n) is 2.26. The smallest absolute Gasteiger partial charge is 0.230 e. The summed E-state index contributed by atoms with van der Waals surface area (Å²) in [7, 11) is 0. The number of aryl methyl sites for hydroxylation is 1. The second-order valence-corrected chi connectivity index (χ2v) is 6.21. The van der Waals surface area contributed by atoms with Crippen molar-refractivity contribution in [3.63, 3.8) is 0 Å². The Morgan fingerprint density at radius 1 is 1.63 bits per heavy atom. The molecule has 0 bridgehead atoms. The average Bonchev–Trinajstić information content (AvgIpc) is 2.98. The van der Waals surface area contributed by atoms with Crippen LogP contribution in [0.2, 0.25) is 0 Å². The Labute approximate surface area is 119 Å². The molecule has 2 aromatic heterocycles. The molecule has 0 aliphatic rings. The molecule has 2 rings (SSSR count). The van der Waals surface area contributed by atoms with Crippen LogP contribution >= 0.6 is 23.1 Å². The van der Waals surface area contributed by atoms with Crippen LogP contribution in [0.25, 0.3) is 0 Å².